The number of aryl methyl sites for hydroxylation is 1. The van der Waals surface area contributed by atoms with E-state index in [1.807, 2.05) is 31.2 Å². The fourth-order valence-electron chi connectivity index (χ4n) is 2.07. The van der Waals surface area contributed by atoms with Crippen LogP contribution in [0.15, 0.2) is 50.4 Å². The van der Waals surface area contributed by atoms with Gasteiger partial charge in [-0.05, 0) is 53.5 Å². The summed E-state index contributed by atoms with van der Waals surface area (Å²) < 4.78 is 1.35. The highest BCUT2D eigenvalue weighted by molar-refractivity contribution is 9.11. The maximum atomic E-state index is 11.8. The largest absolute Gasteiger partial charge is 0.506 e. The first kappa shape index (κ1) is 19.5. The molecule has 1 amide bonds. The number of hydrazone groups is 1. The molecule has 0 atom stereocenters. The number of hydrogen-bond acceptors (Lipinski definition) is 4. The maximum Gasteiger partial charge on any atom is 0.240 e. The summed E-state index contributed by atoms with van der Waals surface area (Å²) in [7, 11) is 0. The first-order chi connectivity index (χ1) is 12.0. The molecule has 0 aromatic heterocycles. The van der Waals surface area contributed by atoms with Crippen molar-refractivity contribution in [2.75, 3.05) is 11.9 Å². The molecule has 7 heteroatoms. The molecule has 0 saturated carbocycles. The molecule has 0 aliphatic carbocycles. The summed E-state index contributed by atoms with van der Waals surface area (Å²) in [5.41, 5.74) is 5.22. The van der Waals surface area contributed by atoms with Crippen LogP contribution in [-0.2, 0) is 4.79 Å². The van der Waals surface area contributed by atoms with E-state index >= 15 is 0 Å². The van der Waals surface area contributed by atoms with Crippen LogP contribution in [0.25, 0.3) is 0 Å². The zero-order chi connectivity index (χ0) is 18.2. The number of anilines is 1. The second-order valence-electron chi connectivity index (χ2n) is 5.51. The van der Waals surface area contributed by atoms with E-state index in [2.05, 4.69) is 47.7 Å². The van der Waals surface area contributed by atoms with Gasteiger partial charge in [-0.3, -0.25) is 4.79 Å². The zero-order valence-electron chi connectivity index (χ0n) is 13.7. The predicted octanol–water partition coefficient (Wildman–Crippen LogP) is 4.57. The molecule has 5 nitrogen and oxygen atoms in total. The lowest BCUT2D eigenvalue weighted by Gasteiger charge is -2.06. The molecule has 0 heterocycles. The van der Waals surface area contributed by atoms with Gasteiger partial charge in [-0.15, -0.1) is 0 Å². The average Bonchev–Trinajstić information content (AvgIpc) is 2.57. The van der Waals surface area contributed by atoms with E-state index < -0.39 is 0 Å². The number of rotatable bonds is 7. The van der Waals surface area contributed by atoms with E-state index in [4.69, 9.17) is 0 Å². The second kappa shape index (κ2) is 9.58. The van der Waals surface area contributed by atoms with Crippen LogP contribution >= 0.6 is 31.9 Å². The number of aromatic hydroxyl groups is 1. The van der Waals surface area contributed by atoms with Crippen LogP contribution in [0.3, 0.4) is 0 Å². The molecule has 25 heavy (non-hydrogen) atoms. The standard InChI is InChI=1S/C18H19Br2N3O2/c1-12-4-6-15(7-5-12)21-8-2-3-17(24)23-22-11-13-9-14(19)10-16(20)18(13)25/h4-7,9-11,21,25H,2-3,8H2,1H3,(H,23,24)/b22-11-. The van der Waals surface area contributed by atoms with E-state index in [1.165, 1.54) is 11.8 Å². The topological polar surface area (TPSA) is 73.7 Å². The molecule has 3 N–H and O–H groups in total. The van der Waals surface area contributed by atoms with Gasteiger partial charge in [-0.2, -0.15) is 5.10 Å². The number of phenolic OH excluding ortho intramolecular Hbond substituents is 1. The number of nitrogens with zero attached hydrogens (tertiary/aromatic N) is 1. The smallest absolute Gasteiger partial charge is 0.240 e. The fourth-order valence-corrected chi connectivity index (χ4v) is 3.33. The molecule has 0 aliphatic rings. The number of benzene rings is 2. The first-order valence-corrected chi connectivity index (χ1v) is 9.35. The van der Waals surface area contributed by atoms with Crippen molar-refractivity contribution in [3.8, 4) is 5.75 Å². The summed E-state index contributed by atoms with van der Waals surface area (Å²) in [5.74, 6) is -0.0981. The number of carbonyl (C=O) groups excluding carboxylic acids is 1. The molecule has 0 saturated heterocycles. The lowest BCUT2D eigenvalue weighted by Crippen LogP contribution is -2.18. The highest BCUT2D eigenvalue weighted by atomic mass is 79.9. The summed E-state index contributed by atoms with van der Waals surface area (Å²) >= 11 is 6.58. The number of carbonyl (C=O) groups is 1. The summed E-state index contributed by atoms with van der Waals surface area (Å²) in [6.07, 6.45) is 2.47. The van der Waals surface area contributed by atoms with E-state index in [0.717, 1.165) is 10.2 Å². The molecule has 2 aromatic carbocycles. The minimum atomic E-state index is -0.171. The van der Waals surface area contributed by atoms with Gasteiger partial charge in [0.15, 0.2) is 0 Å². The van der Waals surface area contributed by atoms with Crippen LogP contribution in [0.5, 0.6) is 5.75 Å². The number of halogens is 2. The Labute approximate surface area is 163 Å². The second-order valence-corrected chi connectivity index (χ2v) is 7.28. The van der Waals surface area contributed by atoms with Gasteiger partial charge >= 0.3 is 0 Å². The Balaban J connectivity index is 1.73. The lowest BCUT2D eigenvalue weighted by atomic mass is 10.2. The van der Waals surface area contributed by atoms with Gasteiger partial charge in [0, 0.05) is 28.7 Å². The van der Waals surface area contributed by atoms with Crippen LogP contribution in [0.4, 0.5) is 5.69 Å². The third kappa shape index (κ3) is 6.51. The molecular formula is C18H19Br2N3O2. The highest BCUT2D eigenvalue weighted by Gasteiger charge is 2.05. The molecule has 0 unspecified atom stereocenters. The number of amides is 1. The van der Waals surface area contributed by atoms with E-state index in [9.17, 15) is 9.90 Å². The summed E-state index contributed by atoms with van der Waals surface area (Å²) in [6, 6.07) is 11.6. The molecule has 2 rings (SSSR count). The quantitative estimate of drug-likeness (QED) is 0.316. The highest BCUT2D eigenvalue weighted by Crippen LogP contribution is 2.30. The molecule has 2 aromatic rings. The van der Waals surface area contributed by atoms with Crippen LogP contribution in [0.1, 0.15) is 24.0 Å². The Bertz CT molecular complexity index is 762. The van der Waals surface area contributed by atoms with Crippen LogP contribution in [-0.4, -0.2) is 23.8 Å². The summed E-state index contributed by atoms with van der Waals surface area (Å²) in [4.78, 5) is 11.8. The average molecular weight is 469 g/mol. The van der Waals surface area contributed by atoms with Crippen molar-refractivity contribution in [3.05, 3.63) is 56.5 Å². The monoisotopic (exact) mass is 467 g/mol. The van der Waals surface area contributed by atoms with Crippen molar-refractivity contribution in [2.24, 2.45) is 5.10 Å². The van der Waals surface area contributed by atoms with Crippen molar-refractivity contribution in [1.82, 2.24) is 5.43 Å². The van der Waals surface area contributed by atoms with Crippen LogP contribution in [0.2, 0.25) is 0 Å². The summed E-state index contributed by atoms with van der Waals surface area (Å²) in [6.45, 7) is 2.75. The molecule has 0 radical (unpaired) electrons. The number of hydrogen-bond donors (Lipinski definition) is 3. The Hall–Kier alpha value is -1.86. The molecule has 0 bridgehead atoms. The zero-order valence-corrected chi connectivity index (χ0v) is 16.9. The van der Waals surface area contributed by atoms with Crippen molar-refractivity contribution in [2.45, 2.75) is 19.8 Å². The molecule has 0 aliphatic heterocycles. The van der Waals surface area contributed by atoms with E-state index in [0.29, 0.717) is 29.4 Å². The van der Waals surface area contributed by atoms with Gasteiger partial charge in [0.1, 0.15) is 5.75 Å². The third-order valence-electron chi connectivity index (χ3n) is 3.41. The van der Waals surface area contributed by atoms with Gasteiger partial charge < -0.3 is 10.4 Å². The first-order valence-electron chi connectivity index (χ1n) is 7.76. The Morgan fingerprint density at radius 2 is 1.96 bits per heavy atom. The van der Waals surface area contributed by atoms with Gasteiger partial charge in [0.25, 0.3) is 0 Å². The van der Waals surface area contributed by atoms with Gasteiger partial charge in [-0.25, -0.2) is 5.43 Å². The van der Waals surface area contributed by atoms with E-state index in [-0.39, 0.29) is 11.7 Å². The Kier molecular flexibility index (Phi) is 7.46. The molecule has 0 spiro atoms. The van der Waals surface area contributed by atoms with Crippen molar-refractivity contribution in [1.29, 1.82) is 0 Å². The molecule has 132 valence electrons. The van der Waals surface area contributed by atoms with Gasteiger partial charge in [0.2, 0.25) is 5.91 Å². The lowest BCUT2D eigenvalue weighted by molar-refractivity contribution is -0.121. The van der Waals surface area contributed by atoms with Crippen molar-refractivity contribution >= 4 is 49.7 Å². The SMILES string of the molecule is Cc1ccc(NCCCC(=O)N/N=C\c2cc(Br)cc(Br)c2O)cc1. The number of phenols is 1. The minimum absolute atomic E-state index is 0.0727. The Morgan fingerprint density at radius 1 is 1.24 bits per heavy atom. The van der Waals surface area contributed by atoms with Crippen molar-refractivity contribution in [3.63, 3.8) is 0 Å². The minimum Gasteiger partial charge on any atom is -0.506 e. The van der Waals surface area contributed by atoms with Crippen LogP contribution < -0.4 is 10.7 Å². The fraction of sp³-hybridized carbons (Fsp3) is 0.222. The normalized spacial score (nSPS) is 10.8. The molecular weight excluding hydrogens is 450 g/mol. The summed E-state index contributed by atoms with van der Waals surface area (Å²) in [5, 5.41) is 17.1. The Morgan fingerprint density at radius 3 is 2.68 bits per heavy atom. The maximum absolute atomic E-state index is 11.8. The van der Waals surface area contributed by atoms with Gasteiger partial charge in [-0.1, -0.05) is 33.6 Å². The number of nitrogens with one attached hydrogen (secondary N) is 2. The van der Waals surface area contributed by atoms with Crippen LogP contribution in [0, 0.1) is 6.92 Å². The third-order valence-corrected chi connectivity index (χ3v) is 4.47. The van der Waals surface area contributed by atoms with E-state index in [1.54, 1.807) is 12.1 Å². The predicted molar refractivity (Wildman–Crippen MR) is 108 cm³/mol. The van der Waals surface area contributed by atoms with Gasteiger partial charge in [0.05, 0.1) is 10.7 Å². The van der Waals surface area contributed by atoms with Crippen molar-refractivity contribution < 1.29 is 9.90 Å². The molecule has 0 fully saturated rings.